The molecule has 178 valence electrons. The largest absolute Gasteiger partial charge is 0.373 e. The number of hydrogen-bond acceptors (Lipinski definition) is 5. The molecule has 6 nitrogen and oxygen atoms in total. The fourth-order valence-electron chi connectivity index (χ4n) is 4.88. The molecule has 1 aromatic carbocycles. The lowest BCUT2D eigenvalue weighted by atomic mass is 10.0. The van der Waals surface area contributed by atoms with Crippen LogP contribution in [0.4, 0.5) is 0 Å². The van der Waals surface area contributed by atoms with Crippen molar-refractivity contribution in [2.75, 3.05) is 19.6 Å². The molecular formula is C26H35N3O3S. The van der Waals surface area contributed by atoms with Crippen molar-refractivity contribution in [1.29, 1.82) is 0 Å². The highest BCUT2D eigenvalue weighted by Gasteiger charge is 2.29. The lowest BCUT2D eigenvalue weighted by Crippen LogP contribution is -2.49. The Balaban J connectivity index is 1.35. The zero-order chi connectivity index (χ0) is 23.4. The molecule has 1 N–H and O–H groups in total. The van der Waals surface area contributed by atoms with Crippen LogP contribution in [0.3, 0.4) is 0 Å². The fourth-order valence-corrected chi connectivity index (χ4v) is 5.77. The van der Waals surface area contributed by atoms with Gasteiger partial charge in [-0.1, -0.05) is 25.5 Å². The van der Waals surface area contributed by atoms with E-state index in [2.05, 4.69) is 35.5 Å². The topological polar surface area (TPSA) is 61.9 Å². The molecule has 33 heavy (non-hydrogen) atoms. The summed E-state index contributed by atoms with van der Waals surface area (Å²) in [4.78, 5) is 31.8. The van der Waals surface area contributed by atoms with E-state index in [1.54, 1.807) is 11.3 Å². The molecule has 2 aliphatic rings. The van der Waals surface area contributed by atoms with Gasteiger partial charge in [0, 0.05) is 43.2 Å². The summed E-state index contributed by atoms with van der Waals surface area (Å²) in [5, 5.41) is 5.10. The van der Waals surface area contributed by atoms with Crippen LogP contribution >= 0.6 is 11.3 Å². The number of rotatable bonds is 7. The van der Waals surface area contributed by atoms with Crippen molar-refractivity contribution in [3.05, 3.63) is 57.3 Å². The van der Waals surface area contributed by atoms with E-state index in [4.69, 9.17) is 4.74 Å². The minimum Gasteiger partial charge on any atom is -0.373 e. The van der Waals surface area contributed by atoms with Crippen molar-refractivity contribution < 1.29 is 14.3 Å². The van der Waals surface area contributed by atoms with Crippen molar-refractivity contribution in [2.24, 2.45) is 0 Å². The predicted molar refractivity (Wildman–Crippen MR) is 131 cm³/mol. The van der Waals surface area contributed by atoms with E-state index in [-0.39, 0.29) is 24.0 Å². The van der Waals surface area contributed by atoms with Crippen LogP contribution in [0.2, 0.25) is 0 Å². The molecule has 1 fully saturated rings. The lowest BCUT2D eigenvalue weighted by Gasteiger charge is -2.35. The molecule has 3 unspecified atom stereocenters. The van der Waals surface area contributed by atoms with Gasteiger partial charge in [-0.05, 0) is 61.4 Å². The molecule has 0 radical (unpaired) electrons. The Labute approximate surface area is 200 Å². The number of amides is 2. The molecule has 2 amide bonds. The van der Waals surface area contributed by atoms with Gasteiger partial charge < -0.3 is 15.0 Å². The van der Waals surface area contributed by atoms with Gasteiger partial charge in [-0.2, -0.15) is 0 Å². The Bertz CT molecular complexity index is 948. The number of carbonyl (C=O) groups excluding carboxylic acids is 2. The molecule has 4 rings (SSSR count). The standard InChI is InChI=1S/C26H35N3O3S/c1-4-5-23(26(31)29-12-10-24-22(17-29)11-13-33-24)27-25(30)21-8-6-20(7-9-21)16-28-14-18(2)32-19(3)15-28/h6-9,11,13,18-19,23H,4-5,10,12,14-17H2,1-3H3,(H,27,30). The average Bonchev–Trinajstić information content (AvgIpc) is 3.26. The second-order valence-corrected chi connectivity index (χ2v) is 10.3. The minimum absolute atomic E-state index is 0.0224. The van der Waals surface area contributed by atoms with E-state index in [0.717, 1.165) is 39.0 Å². The van der Waals surface area contributed by atoms with Gasteiger partial charge in [-0.15, -0.1) is 11.3 Å². The maximum absolute atomic E-state index is 13.2. The maximum Gasteiger partial charge on any atom is 0.251 e. The van der Waals surface area contributed by atoms with E-state index in [1.807, 2.05) is 36.1 Å². The first-order valence-electron chi connectivity index (χ1n) is 12.0. The summed E-state index contributed by atoms with van der Waals surface area (Å²) in [5.41, 5.74) is 3.00. The van der Waals surface area contributed by atoms with Crippen LogP contribution < -0.4 is 5.32 Å². The minimum atomic E-state index is -0.487. The number of thiophene rings is 1. The molecule has 2 aliphatic heterocycles. The van der Waals surface area contributed by atoms with Gasteiger partial charge in [-0.3, -0.25) is 14.5 Å². The Kier molecular flexibility index (Phi) is 7.83. The van der Waals surface area contributed by atoms with Crippen molar-refractivity contribution in [3.63, 3.8) is 0 Å². The van der Waals surface area contributed by atoms with Crippen LogP contribution in [0.1, 0.15) is 60.0 Å². The average molecular weight is 470 g/mol. The quantitative estimate of drug-likeness (QED) is 0.669. The first-order chi connectivity index (χ1) is 15.9. The van der Waals surface area contributed by atoms with Gasteiger partial charge in [0.25, 0.3) is 5.91 Å². The van der Waals surface area contributed by atoms with Gasteiger partial charge in [0.2, 0.25) is 5.91 Å². The van der Waals surface area contributed by atoms with Crippen molar-refractivity contribution in [3.8, 4) is 0 Å². The summed E-state index contributed by atoms with van der Waals surface area (Å²) < 4.78 is 5.81. The van der Waals surface area contributed by atoms with Crippen LogP contribution in [0.15, 0.2) is 35.7 Å². The Hall–Kier alpha value is -2.22. The number of nitrogens with zero attached hydrogens (tertiary/aromatic N) is 2. The third-order valence-electron chi connectivity index (χ3n) is 6.42. The molecule has 7 heteroatoms. The molecule has 0 bridgehead atoms. The summed E-state index contributed by atoms with van der Waals surface area (Å²) in [7, 11) is 0. The first kappa shape index (κ1) is 23.9. The second kappa shape index (κ2) is 10.8. The molecule has 2 aromatic rings. The van der Waals surface area contributed by atoms with Gasteiger partial charge in [0.15, 0.2) is 0 Å². The first-order valence-corrected chi connectivity index (χ1v) is 12.9. The summed E-state index contributed by atoms with van der Waals surface area (Å²) >= 11 is 1.76. The summed E-state index contributed by atoms with van der Waals surface area (Å²) in [5.74, 6) is -0.163. The molecule has 1 saturated heterocycles. The summed E-state index contributed by atoms with van der Waals surface area (Å²) in [6, 6.07) is 9.37. The molecule has 0 saturated carbocycles. The summed E-state index contributed by atoms with van der Waals surface area (Å²) in [6.07, 6.45) is 2.84. The van der Waals surface area contributed by atoms with Crippen LogP contribution in [-0.4, -0.2) is 59.5 Å². The highest BCUT2D eigenvalue weighted by atomic mass is 32.1. The van der Waals surface area contributed by atoms with E-state index in [9.17, 15) is 9.59 Å². The third kappa shape index (κ3) is 6.02. The van der Waals surface area contributed by atoms with Crippen molar-refractivity contribution in [2.45, 2.75) is 71.4 Å². The molecule has 3 atom stereocenters. The van der Waals surface area contributed by atoms with Gasteiger partial charge >= 0.3 is 0 Å². The van der Waals surface area contributed by atoms with Crippen LogP contribution in [0.25, 0.3) is 0 Å². The predicted octanol–water partition coefficient (Wildman–Crippen LogP) is 3.84. The number of fused-ring (bicyclic) bond motifs is 1. The number of ether oxygens (including phenoxy) is 1. The third-order valence-corrected chi connectivity index (χ3v) is 7.44. The smallest absolute Gasteiger partial charge is 0.251 e. The van der Waals surface area contributed by atoms with Crippen molar-refractivity contribution in [1.82, 2.24) is 15.1 Å². The zero-order valence-electron chi connectivity index (χ0n) is 19.9. The number of nitrogens with one attached hydrogen (secondary N) is 1. The van der Waals surface area contributed by atoms with Gasteiger partial charge in [0.05, 0.1) is 12.2 Å². The van der Waals surface area contributed by atoms with Crippen LogP contribution in [-0.2, 0) is 29.0 Å². The zero-order valence-corrected chi connectivity index (χ0v) is 20.7. The van der Waals surface area contributed by atoms with E-state index in [1.165, 1.54) is 16.0 Å². The van der Waals surface area contributed by atoms with E-state index < -0.39 is 6.04 Å². The molecule has 1 aromatic heterocycles. The van der Waals surface area contributed by atoms with Gasteiger partial charge in [0.1, 0.15) is 6.04 Å². The number of benzene rings is 1. The van der Waals surface area contributed by atoms with Gasteiger partial charge in [-0.25, -0.2) is 0 Å². The monoisotopic (exact) mass is 469 g/mol. The van der Waals surface area contributed by atoms with E-state index >= 15 is 0 Å². The van der Waals surface area contributed by atoms with Crippen LogP contribution in [0, 0.1) is 0 Å². The number of hydrogen-bond donors (Lipinski definition) is 1. The maximum atomic E-state index is 13.2. The second-order valence-electron chi connectivity index (χ2n) is 9.34. The van der Waals surface area contributed by atoms with Crippen molar-refractivity contribution >= 4 is 23.2 Å². The molecular weight excluding hydrogens is 434 g/mol. The van der Waals surface area contributed by atoms with E-state index in [0.29, 0.717) is 18.5 Å². The normalized spacial score (nSPS) is 22.0. The Morgan fingerprint density at radius 2 is 1.88 bits per heavy atom. The number of carbonyl (C=O) groups is 2. The number of morpholine rings is 1. The highest BCUT2D eigenvalue weighted by Crippen LogP contribution is 2.25. The Morgan fingerprint density at radius 3 is 2.58 bits per heavy atom. The molecule has 0 aliphatic carbocycles. The van der Waals surface area contributed by atoms with Crippen LogP contribution in [0.5, 0.6) is 0 Å². The lowest BCUT2D eigenvalue weighted by molar-refractivity contribution is -0.134. The SMILES string of the molecule is CCCC(NC(=O)c1ccc(CN2CC(C)OC(C)C2)cc1)C(=O)N1CCc2sccc2C1. The molecule has 3 heterocycles. The fraction of sp³-hybridized carbons (Fsp3) is 0.538. The molecule has 0 spiro atoms. The Morgan fingerprint density at radius 1 is 1.15 bits per heavy atom. The highest BCUT2D eigenvalue weighted by molar-refractivity contribution is 7.10. The summed E-state index contributed by atoms with van der Waals surface area (Å²) in [6.45, 7) is 10.3.